The molecule has 9 nitrogen and oxygen atoms in total. The van der Waals surface area contributed by atoms with Crippen LogP contribution in [0.3, 0.4) is 0 Å². The number of halogens is 2. The fraction of sp³-hybridized carbons (Fsp3) is 0.323. The molecule has 11 heteroatoms. The SMILES string of the molecule is COCCN1CC(NC(=O)Nc2c(C)c(-c3cnc4c(c3)COC4)nn2-c2ccccc2)C(c2ccc(F)c(F)c2)C1. The molecule has 0 saturated carbocycles. The molecule has 2 aromatic carbocycles. The fourth-order valence-electron chi connectivity index (χ4n) is 5.68. The number of rotatable bonds is 8. The maximum absolute atomic E-state index is 14.1. The van der Waals surface area contributed by atoms with Gasteiger partial charge >= 0.3 is 6.03 Å². The van der Waals surface area contributed by atoms with Crippen molar-refractivity contribution in [3.8, 4) is 16.9 Å². The zero-order chi connectivity index (χ0) is 29.2. The van der Waals surface area contributed by atoms with Crippen molar-refractivity contribution in [3.05, 3.63) is 94.8 Å². The Morgan fingerprint density at radius 1 is 1.10 bits per heavy atom. The van der Waals surface area contributed by atoms with E-state index >= 15 is 0 Å². The maximum Gasteiger partial charge on any atom is 0.320 e. The number of hydrogen-bond acceptors (Lipinski definition) is 6. The number of methoxy groups -OCH3 is 1. The molecule has 0 radical (unpaired) electrons. The van der Waals surface area contributed by atoms with Crippen LogP contribution in [0.2, 0.25) is 0 Å². The Hall–Kier alpha value is -4.19. The van der Waals surface area contributed by atoms with Gasteiger partial charge in [0.1, 0.15) is 5.82 Å². The first-order valence-corrected chi connectivity index (χ1v) is 13.9. The molecular formula is C31H32F2N6O3. The van der Waals surface area contributed by atoms with E-state index in [1.807, 2.05) is 43.3 Å². The molecule has 2 unspecified atom stereocenters. The molecule has 2 atom stereocenters. The molecule has 2 aliphatic heterocycles. The molecule has 218 valence electrons. The van der Waals surface area contributed by atoms with Crippen molar-refractivity contribution in [1.29, 1.82) is 0 Å². The van der Waals surface area contributed by atoms with Crippen molar-refractivity contribution >= 4 is 11.8 Å². The number of nitrogens with one attached hydrogen (secondary N) is 2. The monoisotopic (exact) mass is 574 g/mol. The second-order valence-corrected chi connectivity index (χ2v) is 10.6. The minimum absolute atomic E-state index is 0.238. The Bertz CT molecular complexity index is 1600. The predicted octanol–water partition coefficient (Wildman–Crippen LogP) is 4.79. The number of nitrogens with zero attached hydrogens (tertiary/aromatic N) is 4. The van der Waals surface area contributed by atoms with Gasteiger partial charge in [0.2, 0.25) is 0 Å². The summed E-state index contributed by atoms with van der Waals surface area (Å²) in [5, 5.41) is 11.0. The zero-order valence-electron chi connectivity index (χ0n) is 23.4. The van der Waals surface area contributed by atoms with Crippen LogP contribution in [0.4, 0.5) is 19.4 Å². The Balaban J connectivity index is 1.29. The van der Waals surface area contributed by atoms with E-state index in [0.717, 1.165) is 34.1 Å². The van der Waals surface area contributed by atoms with Crippen molar-refractivity contribution < 1.29 is 23.0 Å². The molecule has 2 aromatic heterocycles. The molecule has 0 aliphatic carbocycles. The summed E-state index contributed by atoms with van der Waals surface area (Å²) >= 11 is 0. The van der Waals surface area contributed by atoms with Crippen LogP contribution >= 0.6 is 0 Å². The molecular weight excluding hydrogens is 542 g/mol. The number of aromatic nitrogens is 3. The summed E-state index contributed by atoms with van der Waals surface area (Å²) in [5.74, 6) is -1.53. The van der Waals surface area contributed by atoms with Gasteiger partial charge in [-0.15, -0.1) is 0 Å². The van der Waals surface area contributed by atoms with E-state index in [4.69, 9.17) is 14.6 Å². The Morgan fingerprint density at radius 3 is 2.71 bits per heavy atom. The van der Waals surface area contributed by atoms with Crippen LogP contribution in [-0.2, 0) is 22.7 Å². The number of carbonyl (C=O) groups is 1. The standard InChI is InChI=1S/C31H32F2N6O3/c1-19-29(21-12-22-17-42-18-28(22)34-14-21)37-39(23-6-4-3-5-7-23)30(19)36-31(40)35-27-16-38(10-11-41-2)15-24(27)20-8-9-25(32)26(33)13-20/h3-9,12-14,24,27H,10-11,15-18H2,1-2H3,(H2,35,36,40). The third kappa shape index (κ3) is 5.63. The highest BCUT2D eigenvalue weighted by Crippen LogP contribution is 2.33. The number of anilines is 1. The Kier molecular flexibility index (Phi) is 7.96. The van der Waals surface area contributed by atoms with E-state index in [1.165, 1.54) is 6.07 Å². The van der Waals surface area contributed by atoms with E-state index in [0.29, 0.717) is 56.5 Å². The molecule has 6 rings (SSSR count). The number of ether oxygens (including phenoxy) is 2. The minimum atomic E-state index is -0.909. The number of pyridine rings is 1. The molecule has 42 heavy (non-hydrogen) atoms. The molecule has 2 aliphatic rings. The van der Waals surface area contributed by atoms with Crippen LogP contribution in [0, 0.1) is 18.6 Å². The summed E-state index contributed by atoms with van der Waals surface area (Å²) < 4.78 is 40.3. The van der Waals surface area contributed by atoms with Crippen LogP contribution in [0.1, 0.15) is 28.3 Å². The van der Waals surface area contributed by atoms with Crippen molar-refractivity contribution in [2.75, 3.05) is 38.7 Å². The van der Waals surface area contributed by atoms with E-state index in [-0.39, 0.29) is 12.0 Å². The second-order valence-electron chi connectivity index (χ2n) is 10.6. The highest BCUT2D eigenvalue weighted by atomic mass is 19.2. The summed E-state index contributed by atoms with van der Waals surface area (Å²) in [6, 6.07) is 14.7. The van der Waals surface area contributed by atoms with E-state index in [9.17, 15) is 13.6 Å². The van der Waals surface area contributed by atoms with E-state index in [2.05, 4.69) is 20.5 Å². The molecule has 1 saturated heterocycles. The summed E-state index contributed by atoms with van der Waals surface area (Å²) in [7, 11) is 1.63. The van der Waals surface area contributed by atoms with E-state index in [1.54, 1.807) is 24.1 Å². The quantitative estimate of drug-likeness (QED) is 0.315. The van der Waals surface area contributed by atoms with Gasteiger partial charge in [0.15, 0.2) is 11.6 Å². The van der Waals surface area contributed by atoms with Gasteiger partial charge in [-0.05, 0) is 42.8 Å². The first kappa shape index (κ1) is 28.0. The molecule has 4 aromatic rings. The summed E-state index contributed by atoms with van der Waals surface area (Å²) in [5.41, 5.74) is 5.66. The average Bonchev–Trinajstić information content (AvgIpc) is 3.71. The number of amides is 2. The molecule has 2 amide bonds. The normalized spacial score (nSPS) is 18.3. The largest absolute Gasteiger partial charge is 0.383 e. The minimum Gasteiger partial charge on any atom is -0.383 e. The smallest absolute Gasteiger partial charge is 0.320 e. The van der Waals surface area contributed by atoms with E-state index < -0.39 is 17.7 Å². The summed E-state index contributed by atoms with van der Waals surface area (Å²) in [6.07, 6.45) is 1.78. The van der Waals surface area contributed by atoms with Gasteiger partial charge < -0.3 is 14.8 Å². The lowest BCUT2D eigenvalue weighted by molar-refractivity contribution is 0.133. The third-order valence-corrected chi connectivity index (χ3v) is 7.88. The van der Waals surface area contributed by atoms with Crippen LogP contribution in [0.15, 0.2) is 60.8 Å². The maximum atomic E-state index is 14.1. The van der Waals surface area contributed by atoms with Gasteiger partial charge in [-0.25, -0.2) is 18.3 Å². The molecule has 0 spiro atoms. The number of hydrogen-bond donors (Lipinski definition) is 2. The van der Waals surface area contributed by atoms with Gasteiger partial charge in [0, 0.05) is 55.5 Å². The Morgan fingerprint density at radius 2 is 1.93 bits per heavy atom. The number of benzene rings is 2. The van der Waals surface area contributed by atoms with Crippen molar-refractivity contribution in [2.45, 2.75) is 32.1 Å². The molecule has 1 fully saturated rings. The van der Waals surface area contributed by atoms with Gasteiger partial charge in [0.05, 0.1) is 42.9 Å². The fourth-order valence-corrected chi connectivity index (χ4v) is 5.68. The van der Waals surface area contributed by atoms with Crippen LogP contribution in [0.25, 0.3) is 16.9 Å². The van der Waals surface area contributed by atoms with Gasteiger partial charge in [-0.1, -0.05) is 24.3 Å². The Labute approximate surface area is 242 Å². The number of likely N-dealkylation sites (tertiary alicyclic amines) is 1. The molecule has 0 bridgehead atoms. The topological polar surface area (TPSA) is 93.5 Å². The summed E-state index contributed by atoms with van der Waals surface area (Å²) in [6.45, 7) is 5.18. The van der Waals surface area contributed by atoms with Gasteiger partial charge in [-0.3, -0.25) is 15.2 Å². The van der Waals surface area contributed by atoms with Gasteiger partial charge in [0.25, 0.3) is 0 Å². The lowest BCUT2D eigenvalue weighted by Gasteiger charge is -2.21. The molecule has 4 heterocycles. The highest BCUT2D eigenvalue weighted by Gasteiger charge is 2.35. The number of para-hydroxylation sites is 1. The number of urea groups is 1. The second kappa shape index (κ2) is 12.0. The predicted molar refractivity (Wildman–Crippen MR) is 153 cm³/mol. The lowest BCUT2D eigenvalue weighted by Crippen LogP contribution is -2.42. The first-order chi connectivity index (χ1) is 20.4. The van der Waals surface area contributed by atoms with Crippen molar-refractivity contribution in [2.24, 2.45) is 0 Å². The first-order valence-electron chi connectivity index (χ1n) is 13.9. The van der Waals surface area contributed by atoms with Gasteiger partial charge in [-0.2, -0.15) is 5.10 Å². The highest BCUT2D eigenvalue weighted by molar-refractivity contribution is 5.91. The molecule has 2 N–H and O–H groups in total. The summed E-state index contributed by atoms with van der Waals surface area (Å²) in [4.78, 5) is 20.3. The van der Waals surface area contributed by atoms with Crippen LogP contribution in [-0.4, -0.2) is 65.1 Å². The lowest BCUT2D eigenvalue weighted by atomic mass is 9.94. The number of carbonyl (C=O) groups excluding carboxylic acids is 1. The van der Waals surface area contributed by atoms with Crippen molar-refractivity contribution in [3.63, 3.8) is 0 Å². The number of fused-ring (bicyclic) bond motifs is 1. The van der Waals surface area contributed by atoms with Crippen LogP contribution < -0.4 is 10.6 Å². The zero-order valence-corrected chi connectivity index (χ0v) is 23.4. The third-order valence-electron chi connectivity index (χ3n) is 7.88. The van der Waals surface area contributed by atoms with Crippen LogP contribution in [0.5, 0.6) is 0 Å². The van der Waals surface area contributed by atoms with Crippen molar-refractivity contribution in [1.82, 2.24) is 25.0 Å². The average molecular weight is 575 g/mol.